The molecule has 0 spiro atoms. The van der Waals surface area contributed by atoms with Gasteiger partial charge in [-0.2, -0.15) is 4.98 Å². The summed E-state index contributed by atoms with van der Waals surface area (Å²) in [5.41, 5.74) is 2.92. The van der Waals surface area contributed by atoms with Gasteiger partial charge < -0.3 is 9.64 Å². The van der Waals surface area contributed by atoms with Gasteiger partial charge in [-0.25, -0.2) is 9.50 Å². The minimum Gasteiger partial charge on any atom is -0.497 e. The number of hydrogen-bond acceptors (Lipinski definition) is 5. The van der Waals surface area contributed by atoms with E-state index in [0.717, 1.165) is 11.4 Å². The quantitative estimate of drug-likeness (QED) is 0.481. The van der Waals surface area contributed by atoms with E-state index in [1.165, 1.54) is 0 Å². The molecule has 152 valence electrons. The first kappa shape index (κ1) is 19.8. The van der Waals surface area contributed by atoms with E-state index in [-0.39, 0.29) is 12.5 Å². The number of amides is 1. The van der Waals surface area contributed by atoms with Crippen LogP contribution in [-0.2, 0) is 6.54 Å². The highest BCUT2D eigenvalue weighted by Crippen LogP contribution is 2.24. The van der Waals surface area contributed by atoms with Crippen molar-refractivity contribution in [3.05, 3.63) is 82.4 Å². The Labute approximate surface area is 178 Å². The fraction of sp³-hybridized carbons (Fsp3) is 0.182. The highest BCUT2D eigenvalue weighted by molar-refractivity contribution is 6.31. The molecule has 0 N–H and O–H groups in total. The number of aromatic nitrogens is 4. The van der Waals surface area contributed by atoms with Gasteiger partial charge in [-0.3, -0.25) is 4.79 Å². The van der Waals surface area contributed by atoms with E-state index in [9.17, 15) is 4.79 Å². The second-order valence-corrected chi connectivity index (χ2v) is 7.32. The van der Waals surface area contributed by atoms with Crippen molar-refractivity contribution in [3.63, 3.8) is 0 Å². The number of anilines is 1. The molecule has 2 aromatic carbocycles. The lowest BCUT2D eigenvalue weighted by atomic mass is 10.1. The molecule has 0 bridgehead atoms. The SMILES string of the molecule is COc1cccc(C(=O)N(Cc2nc3nc(C)cc(C)n3n2)c2cccc(Cl)c2)c1. The van der Waals surface area contributed by atoms with Gasteiger partial charge in [0.15, 0.2) is 5.82 Å². The molecule has 7 nitrogen and oxygen atoms in total. The summed E-state index contributed by atoms with van der Waals surface area (Å²) in [5, 5.41) is 5.08. The van der Waals surface area contributed by atoms with E-state index in [2.05, 4.69) is 15.1 Å². The van der Waals surface area contributed by atoms with Crippen molar-refractivity contribution in [1.82, 2.24) is 19.6 Å². The van der Waals surface area contributed by atoms with Crippen LogP contribution in [0.1, 0.15) is 27.6 Å². The molecule has 0 saturated heterocycles. The van der Waals surface area contributed by atoms with Crippen LogP contribution in [0, 0.1) is 13.8 Å². The van der Waals surface area contributed by atoms with E-state index in [0.29, 0.717) is 33.6 Å². The van der Waals surface area contributed by atoms with Gasteiger partial charge in [0.05, 0.1) is 13.7 Å². The highest BCUT2D eigenvalue weighted by Gasteiger charge is 2.21. The lowest BCUT2D eigenvalue weighted by Gasteiger charge is -2.22. The highest BCUT2D eigenvalue weighted by atomic mass is 35.5. The van der Waals surface area contributed by atoms with Crippen molar-refractivity contribution in [2.24, 2.45) is 0 Å². The normalized spacial score (nSPS) is 10.9. The first-order chi connectivity index (χ1) is 14.4. The topological polar surface area (TPSA) is 72.6 Å². The lowest BCUT2D eigenvalue weighted by molar-refractivity contribution is 0.0984. The third-order valence-electron chi connectivity index (χ3n) is 4.64. The molecular weight excluding hydrogens is 402 g/mol. The summed E-state index contributed by atoms with van der Waals surface area (Å²) in [4.78, 5) is 24.0. The van der Waals surface area contributed by atoms with Crippen LogP contribution < -0.4 is 9.64 Å². The predicted octanol–water partition coefficient (Wildman–Crippen LogP) is 4.25. The Kier molecular flexibility index (Phi) is 5.37. The molecule has 1 amide bonds. The average molecular weight is 422 g/mol. The van der Waals surface area contributed by atoms with Crippen molar-refractivity contribution in [2.45, 2.75) is 20.4 Å². The zero-order valence-electron chi connectivity index (χ0n) is 16.8. The first-order valence-electron chi connectivity index (χ1n) is 9.36. The molecule has 0 saturated carbocycles. The molecule has 0 fully saturated rings. The van der Waals surface area contributed by atoms with Crippen molar-refractivity contribution in [3.8, 4) is 5.75 Å². The number of benzene rings is 2. The molecule has 0 atom stereocenters. The van der Waals surface area contributed by atoms with Gasteiger partial charge in [0.1, 0.15) is 5.75 Å². The van der Waals surface area contributed by atoms with Crippen LogP contribution in [0.4, 0.5) is 5.69 Å². The minimum absolute atomic E-state index is 0.165. The molecule has 8 heteroatoms. The molecule has 4 aromatic rings. The van der Waals surface area contributed by atoms with Gasteiger partial charge >= 0.3 is 0 Å². The molecule has 4 rings (SSSR count). The number of ether oxygens (including phenoxy) is 1. The Bertz CT molecular complexity index is 1240. The maximum atomic E-state index is 13.4. The number of rotatable bonds is 5. The van der Waals surface area contributed by atoms with Gasteiger partial charge in [-0.1, -0.05) is 23.7 Å². The Morgan fingerprint density at radius 1 is 1.10 bits per heavy atom. The van der Waals surface area contributed by atoms with Crippen LogP contribution in [0.25, 0.3) is 5.78 Å². The van der Waals surface area contributed by atoms with Crippen molar-refractivity contribution in [2.75, 3.05) is 12.0 Å². The Morgan fingerprint density at radius 3 is 2.67 bits per heavy atom. The van der Waals surface area contributed by atoms with Crippen molar-refractivity contribution >= 4 is 29.0 Å². The number of carbonyl (C=O) groups excluding carboxylic acids is 1. The fourth-order valence-electron chi connectivity index (χ4n) is 3.25. The summed E-state index contributed by atoms with van der Waals surface area (Å²) in [7, 11) is 1.57. The molecule has 0 aliphatic carbocycles. The molecular formula is C22H20ClN5O2. The molecule has 0 aliphatic heterocycles. The molecule has 0 radical (unpaired) electrons. The smallest absolute Gasteiger partial charge is 0.258 e. The van der Waals surface area contributed by atoms with E-state index in [1.54, 1.807) is 59.0 Å². The number of halogens is 1. The summed E-state index contributed by atoms with van der Waals surface area (Å²) in [6.07, 6.45) is 0. The van der Waals surface area contributed by atoms with Crippen LogP contribution in [0.2, 0.25) is 5.02 Å². The van der Waals surface area contributed by atoms with E-state index in [1.807, 2.05) is 26.0 Å². The van der Waals surface area contributed by atoms with Gasteiger partial charge in [0.2, 0.25) is 0 Å². The van der Waals surface area contributed by atoms with E-state index >= 15 is 0 Å². The number of fused-ring (bicyclic) bond motifs is 1. The van der Waals surface area contributed by atoms with Gasteiger partial charge in [0.25, 0.3) is 11.7 Å². The van der Waals surface area contributed by atoms with Crippen LogP contribution in [0.5, 0.6) is 5.75 Å². The second kappa shape index (κ2) is 8.12. The summed E-state index contributed by atoms with van der Waals surface area (Å²) in [6.45, 7) is 4.01. The van der Waals surface area contributed by atoms with E-state index < -0.39 is 0 Å². The monoisotopic (exact) mass is 421 g/mol. The Morgan fingerprint density at radius 2 is 1.90 bits per heavy atom. The zero-order valence-corrected chi connectivity index (χ0v) is 17.6. The number of aryl methyl sites for hydroxylation is 2. The number of hydrogen-bond donors (Lipinski definition) is 0. The fourth-order valence-corrected chi connectivity index (χ4v) is 3.44. The maximum Gasteiger partial charge on any atom is 0.258 e. The number of nitrogens with zero attached hydrogens (tertiary/aromatic N) is 5. The first-order valence-corrected chi connectivity index (χ1v) is 9.74. The van der Waals surface area contributed by atoms with Crippen LogP contribution in [-0.4, -0.2) is 32.6 Å². The second-order valence-electron chi connectivity index (χ2n) is 6.88. The minimum atomic E-state index is -0.212. The van der Waals surface area contributed by atoms with Crippen molar-refractivity contribution < 1.29 is 9.53 Å². The van der Waals surface area contributed by atoms with Crippen LogP contribution in [0.15, 0.2) is 54.6 Å². The Hall–Kier alpha value is -3.45. The summed E-state index contributed by atoms with van der Waals surface area (Å²) < 4.78 is 6.94. The predicted molar refractivity (Wildman–Crippen MR) is 115 cm³/mol. The van der Waals surface area contributed by atoms with E-state index in [4.69, 9.17) is 16.3 Å². The number of methoxy groups -OCH3 is 1. The van der Waals surface area contributed by atoms with Crippen molar-refractivity contribution in [1.29, 1.82) is 0 Å². The van der Waals surface area contributed by atoms with Crippen LogP contribution >= 0.6 is 11.6 Å². The zero-order chi connectivity index (χ0) is 21.3. The third-order valence-corrected chi connectivity index (χ3v) is 4.88. The largest absolute Gasteiger partial charge is 0.497 e. The third kappa shape index (κ3) is 3.97. The molecule has 30 heavy (non-hydrogen) atoms. The van der Waals surface area contributed by atoms with Gasteiger partial charge in [-0.05, 0) is 56.3 Å². The summed E-state index contributed by atoms with van der Waals surface area (Å²) >= 11 is 6.19. The molecule has 0 aliphatic rings. The summed E-state index contributed by atoms with van der Waals surface area (Å²) in [6, 6.07) is 16.1. The number of carbonyl (C=O) groups is 1. The molecule has 2 heterocycles. The summed E-state index contributed by atoms with van der Waals surface area (Å²) in [5.74, 6) is 1.37. The van der Waals surface area contributed by atoms with Gasteiger partial charge in [-0.15, -0.1) is 5.10 Å². The average Bonchev–Trinajstić information content (AvgIpc) is 3.14. The molecule has 2 aromatic heterocycles. The molecule has 0 unspecified atom stereocenters. The van der Waals surface area contributed by atoms with Crippen LogP contribution in [0.3, 0.4) is 0 Å². The standard InChI is InChI=1S/C22H20ClN5O2/c1-14-10-15(2)28-22(24-14)25-20(26-28)13-27(18-8-5-7-17(23)12-18)21(29)16-6-4-9-19(11-16)30-3/h4-12H,13H2,1-3H3. The van der Waals surface area contributed by atoms with Gasteiger partial charge in [0, 0.05) is 27.7 Å². The Balaban J connectivity index is 1.76. The lowest BCUT2D eigenvalue weighted by Crippen LogP contribution is -2.31. The maximum absolute atomic E-state index is 13.4.